The number of amides is 1. The average molecular weight is 338 g/mol. The molecule has 0 spiro atoms. The van der Waals surface area contributed by atoms with Crippen molar-refractivity contribution in [3.05, 3.63) is 30.1 Å². The van der Waals surface area contributed by atoms with E-state index in [2.05, 4.69) is 17.2 Å². The van der Waals surface area contributed by atoms with Gasteiger partial charge in [-0.25, -0.2) is 9.38 Å². The Morgan fingerprint density at radius 1 is 1.29 bits per heavy atom. The molecular formula is C17H27FN4O2. The molecule has 1 aromatic rings. The van der Waals surface area contributed by atoms with Gasteiger partial charge in [0.05, 0.1) is 6.54 Å². The molecule has 1 rings (SSSR count). The number of rotatable bonds is 8. The summed E-state index contributed by atoms with van der Waals surface area (Å²) in [5.41, 5.74) is 0. The first kappa shape index (κ1) is 19.7. The van der Waals surface area contributed by atoms with Gasteiger partial charge in [0.1, 0.15) is 13.2 Å². The van der Waals surface area contributed by atoms with Gasteiger partial charge in [-0.2, -0.15) is 0 Å². The lowest BCUT2D eigenvalue weighted by atomic mass is 10.3. The summed E-state index contributed by atoms with van der Waals surface area (Å²) in [6, 6.07) is 6.30. The lowest BCUT2D eigenvalue weighted by Gasteiger charge is -2.22. The fraction of sp³-hybridized carbons (Fsp3) is 0.529. The van der Waals surface area contributed by atoms with Crippen molar-refractivity contribution in [3.63, 3.8) is 0 Å². The van der Waals surface area contributed by atoms with E-state index < -0.39 is 0 Å². The number of carbonyl (C=O) groups is 1. The van der Waals surface area contributed by atoms with E-state index in [-0.39, 0.29) is 24.0 Å². The molecule has 0 bridgehead atoms. The zero-order valence-electron chi connectivity index (χ0n) is 14.9. The van der Waals surface area contributed by atoms with Gasteiger partial charge in [-0.3, -0.25) is 4.79 Å². The summed E-state index contributed by atoms with van der Waals surface area (Å²) in [5.74, 6) is 0.411. The monoisotopic (exact) mass is 338 g/mol. The van der Waals surface area contributed by atoms with Gasteiger partial charge in [-0.15, -0.1) is 0 Å². The molecule has 0 fully saturated rings. The maximum absolute atomic E-state index is 13.5. The van der Waals surface area contributed by atoms with E-state index in [1.807, 2.05) is 11.9 Å². The number of hydrogen-bond acceptors (Lipinski definition) is 3. The molecule has 0 aliphatic carbocycles. The minimum absolute atomic E-state index is 0.0678. The maximum atomic E-state index is 13.5. The number of guanidine groups is 1. The molecule has 24 heavy (non-hydrogen) atoms. The van der Waals surface area contributed by atoms with E-state index in [1.165, 1.54) is 11.0 Å². The van der Waals surface area contributed by atoms with Gasteiger partial charge in [-0.1, -0.05) is 19.1 Å². The summed E-state index contributed by atoms with van der Waals surface area (Å²) in [7, 11) is 5.25. The fourth-order valence-electron chi connectivity index (χ4n) is 1.79. The molecule has 0 radical (unpaired) electrons. The third kappa shape index (κ3) is 6.85. The highest BCUT2D eigenvalue weighted by atomic mass is 19.1. The fourth-order valence-corrected chi connectivity index (χ4v) is 1.79. The van der Waals surface area contributed by atoms with Gasteiger partial charge in [0.25, 0.3) is 0 Å². The molecule has 134 valence electrons. The molecule has 0 saturated heterocycles. The topological polar surface area (TPSA) is 57.2 Å². The lowest BCUT2D eigenvalue weighted by molar-refractivity contribution is -0.127. The smallest absolute Gasteiger partial charge is 0.243 e. The van der Waals surface area contributed by atoms with Gasteiger partial charge in [0.15, 0.2) is 17.5 Å². The zero-order chi connectivity index (χ0) is 17.9. The lowest BCUT2D eigenvalue weighted by Crippen LogP contribution is -2.42. The summed E-state index contributed by atoms with van der Waals surface area (Å²) >= 11 is 0. The third-order valence-electron chi connectivity index (χ3n) is 3.28. The van der Waals surface area contributed by atoms with Crippen LogP contribution in [0.1, 0.15) is 13.3 Å². The number of carbonyl (C=O) groups excluding carboxylic acids is 1. The van der Waals surface area contributed by atoms with Crippen molar-refractivity contribution in [1.82, 2.24) is 15.1 Å². The van der Waals surface area contributed by atoms with Crippen LogP contribution >= 0.6 is 0 Å². The molecular weight excluding hydrogens is 311 g/mol. The molecule has 1 amide bonds. The second kappa shape index (κ2) is 10.5. The van der Waals surface area contributed by atoms with Crippen LogP contribution in [0.4, 0.5) is 4.39 Å². The van der Waals surface area contributed by atoms with Crippen molar-refractivity contribution in [1.29, 1.82) is 0 Å². The van der Waals surface area contributed by atoms with Crippen LogP contribution in [0.15, 0.2) is 29.3 Å². The van der Waals surface area contributed by atoms with E-state index in [9.17, 15) is 9.18 Å². The zero-order valence-corrected chi connectivity index (χ0v) is 14.9. The van der Waals surface area contributed by atoms with E-state index in [0.29, 0.717) is 19.1 Å². The standard InChI is InChI=1S/C17H27FN4O2/c1-5-10-19-17(20-13-16(23)21(2)3)22(4)11-12-24-15-9-7-6-8-14(15)18/h6-9H,5,10-13H2,1-4H3,(H,19,20). The van der Waals surface area contributed by atoms with Crippen LogP contribution in [-0.4, -0.2) is 69.1 Å². The van der Waals surface area contributed by atoms with Gasteiger partial charge < -0.3 is 19.9 Å². The Hall–Kier alpha value is -2.31. The van der Waals surface area contributed by atoms with Crippen molar-refractivity contribution in [2.24, 2.45) is 4.99 Å². The van der Waals surface area contributed by atoms with Crippen LogP contribution in [0.3, 0.4) is 0 Å². The van der Waals surface area contributed by atoms with Gasteiger partial charge in [0, 0.05) is 27.7 Å². The summed E-state index contributed by atoms with van der Waals surface area (Å²) < 4.78 is 19.0. The Morgan fingerprint density at radius 3 is 2.62 bits per heavy atom. The molecule has 1 aromatic carbocycles. The van der Waals surface area contributed by atoms with E-state index in [1.54, 1.807) is 32.3 Å². The highest BCUT2D eigenvalue weighted by molar-refractivity contribution is 5.84. The molecule has 0 unspecified atom stereocenters. The van der Waals surface area contributed by atoms with E-state index >= 15 is 0 Å². The molecule has 0 aliphatic heterocycles. The normalized spacial score (nSPS) is 11.1. The number of nitrogens with zero attached hydrogens (tertiary/aromatic N) is 3. The van der Waals surface area contributed by atoms with Crippen molar-refractivity contribution in [2.45, 2.75) is 13.3 Å². The molecule has 0 aromatic heterocycles. The number of benzene rings is 1. The Bertz CT molecular complexity index is 549. The minimum Gasteiger partial charge on any atom is -0.489 e. The number of halogens is 1. The van der Waals surface area contributed by atoms with E-state index in [0.717, 1.165) is 13.0 Å². The van der Waals surface area contributed by atoms with Crippen LogP contribution in [0.2, 0.25) is 0 Å². The first-order valence-electron chi connectivity index (χ1n) is 8.02. The molecule has 0 saturated carbocycles. The van der Waals surface area contributed by atoms with E-state index in [4.69, 9.17) is 4.74 Å². The predicted molar refractivity (Wildman–Crippen MR) is 93.8 cm³/mol. The summed E-state index contributed by atoms with van der Waals surface area (Å²) in [6.07, 6.45) is 0.945. The summed E-state index contributed by atoms with van der Waals surface area (Å²) in [4.78, 5) is 19.4. The highest BCUT2D eigenvalue weighted by Gasteiger charge is 2.09. The van der Waals surface area contributed by atoms with Crippen molar-refractivity contribution < 1.29 is 13.9 Å². The average Bonchev–Trinajstić information content (AvgIpc) is 2.56. The molecule has 6 nitrogen and oxygen atoms in total. The highest BCUT2D eigenvalue weighted by Crippen LogP contribution is 2.14. The summed E-state index contributed by atoms with van der Waals surface area (Å²) in [6.45, 7) is 3.72. The largest absolute Gasteiger partial charge is 0.489 e. The number of para-hydroxylation sites is 1. The van der Waals surface area contributed by atoms with Crippen LogP contribution in [0.25, 0.3) is 0 Å². The number of ether oxygens (including phenoxy) is 1. The second-order valence-electron chi connectivity index (χ2n) is 5.56. The second-order valence-corrected chi connectivity index (χ2v) is 5.56. The van der Waals surface area contributed by atoms with Crippen molar-refractivity contribution in [2.75, 3.05) is 47.4 Å². The Kier molecular flexibility index (Phi) is 8.60. The molecule has 1 N–H and O–H groups in total. The van der Waals surface area contributed by atoms with Crippen LogP contribution in [-0.2, 0) is 4.79 Å². The van der Waals surface area contributed by atoms with Crippen LogP contribution < -0.4 is 10.1 Å². The Balaban J connectivity index is 2.57. The van der Waals surface area contributed by atoms with Crippen molar-refractivity contribution >= 4 is 11.9 Å². The quantitative estimate of drug-likeness (QED) is 0.578. The molecule has 0 aliphatic rings. The molecule has 0 heterocycles. The Morgan fingerprint density at radius 2 is 2.00 bits per heavy atom. The first-order chi connectivity index (χ1) is 11.5. The van der Waals surface area contributed by atoms with Gasteiger partial charge >= 0.3 is 0 Å². The third-order valence-corrected chi connectivity index (χ3v) is 3.28. The first-order valence-corrected chi connectivity index (χ1v) is 8.02. The number of aliphatic imine (C=N–C) groups is 1. The van der Waals surface area contributed by atoms with Gasteiger partial charge in [0.2, 0.25) is 5.91 Å². The SMILES string of the molecule is CCCNC(=NCC(=O)N(C)C)N(C)CCOc1ccccc1F. The molecule has 7 heteroatoms. The number of hydrogen-bond donors (Lipinski definition) is 1. The maximum Gasteiger partial charge on any atom is 0.243 e. The summed E-state index contributed by atoms with van der Waals surface area (Å²) in [5, 5.41) is 3.20. The minimum atomic E-state index is -0.380. The van der Waals surface area contributed by atoms with Gasteiger partial charge in [-0.05, 0) is 18.6 Å². The molecule has 0 atom stereocenters. The Labute approximate surface area is 143 Å². The predicted octanol–water partition coefficient (Wildman–Crippen LogP) is 1.58. The van der Waals surface area contributed by atoms with Crippen molar-refractivity contribution in [3.8, 4) is 5.75 Å². The van der Waals surface area contributed by atoms with Crippen LogP contribution in [0.5, 0.6) is 5.75 Å². The number of likely N-dealkylation sites (N-methyl/N-ethyl adjacent to an activating group) is 2. The van der Waals surface area contributed by atoms with Crippen LogP contribution in [0, 0.1) is 5.82 Å². The number of nitrogens with one attached hydrogen (secondary N) is 1.